The number of nitrogens with one attached hydrogen (secondary N) is 1. The fourth-order valence-electron chi connectivity index (χ4n) is 2.35. The first-order valence-electron chi connectivity index (χ1n) is 5.99. The molecule has 1 aromatic heterocycles. The van der Waals surface area contributed by atoms with Gasteiger partial charge in [-0.25, -0.2) is 17.8 Å². The van der Waals surface area contributed by atoms with Gasteiger partial charge in [-0.15, -0.1) is 5.10 Å². The SMILES string of the molecule is CC1CCCCC1NS(=O)(=O)c1c(Br)nnn1C. The second kappa shape index (κ2) is 5.26. The molecule has 1 aromatic rings. The number of sulfonamides is 1. The molecule has 0 aliphatic heterocycles. The lowest BCUT2D eigenvalue weighted by molar-refractivity contribution is 0.310. The average molecular weight is 337 g/mol. The first-order valence-corrected chi connectivity index (χ1v) is 8.27. The zero-order chi connectivity index (χ0) is 13.3. The fourth-order valence-corrected chi connectivity index (χ4v) is 4.83. The van der Waals surface area contributed by atoms with Gasteiger partial charge in [-0.3, -0.25) is 0 Å². The molecule has 2 rings (SSSR count). The van der Waals surface area contributed by atoms with Crippen LogP contribution in [-0.2, 0) is 17.1 Å². The van der Waals surface area contributed by atoms with Crippen molar-refractivity contribution >= 4 is 26.0 Å². The number of halogens is 1. The smallest absolute Gasteiger partial charge is 0.235 e. The van der Waals surface area contributed by atoms with E-state index in [2.05, 4.69) is 37.9 Å². The van der Waals surface area contributed by atoms with Crippen molar-refractivity contribution in [1.29, 1.82) is 0 Å². The molecule has 0 amide bonds. The van der Waals surface area contributed by atoms with Crippen molar-refractivity contribution in [3.63, 3.8) is 0 Å². The van der Waals surface area contributed by atoms with Crippen LogP contribution in [0.3, 0.4) is 0 Å². The molecule has 6 nitrogen and oxygen atoms in total. The van der Waals surface area contributed by atoms with E-state index in [1.807, 2.05) is 0 Å². The molecule has 2 atom stereocenters. The van der Waals surface area contributed by atoms with E-state index in [1.165, 1.54) is 11.1 Å². The summed E-state index contributed by atoms with van der Waals surface area (Å²) in [7, 11) is -2.00. The fraction of sp³-hybridized carbons (Fsp3) is 0.800. The summed E-state index contributed by atoms with van der Waals surface area (Å²) >= 11 is 3.12. The Labute approximate surface area is 115 Å². The van der Waals surface area contributed by atoms with Crippen LogP contribution in [0.4, 0.5) is 0 Å². The van der Waals surface area contributed by atoms with Gasteiger partial charge in [-0.1, -0.05) is 25.0 Å². The lowest BCUT2D eigenvalue weighted by Crippen LogP contribution is -2.41. The van der Waals surface area contributed by atoms with Gasteiger partial charge < -0.3 is 0 Å². The molecule has 1 N–H and O–H groups in total. The molecule has 102 valence electrons. The molecule has 2 unspecified atom stereocenters. The normalized spacial score (nSPS) is 25.3. The molecule has 1 fully saturated rings. The van der Waals surface area contributed by atoms with Crippen molar-refractivity contribution in [2.45, 2.75) is 43.7 Å². The van der Waals surface area contributed by atoms with Gasteiger partial charge in [0.15, 0.2) is 4.60 Å². The van der Waals surface area contributed by atoms with Crippen LogP contribution in [0.5, 0.6) is 0 Å². The number of aryl methyl sites for hydroxylation is 1. The number of hydrogen-bond acceptors (Lipinski definition) is 4. The van der Waals surface area contributed by atoms with Crippen molar-refractivity contribution in [3.05, 3.63) is 4.60 Å². The van der Waals surface area contributed by atoms with Crippen LogP contribution >= 0.6 is 15.9 Å². The summed E-state index contributed by atoms with van der Waals surface area (Å²) in [6.45, 7) is 2.09. The number of hydrogen-bond donors (Lipinski definition) is 1. The van der Waals surface area contributed by atoms with Crippen molar-refractivity contribution in [2.24, 2.45) is 13.0 Å². The van der Waals surface area contributed by atoms with Crippen LogP contribution < -0.4 is 4.72 Å². The summed E-state index contributed by atoms with van der Waals surface area (Å²) in [5.74, 6) is 0.369. The molecule has 1 heterocycles. The molecular formula is C10H17BrN4O2S. The maximum atomic E-state index is 12.3. The summed E-state index contributed by atoms with van der Waals surface area (Å²) in [6.07, 6.45) is 4.21. The zero-order valence-corrected chi connectivity index (χ0v) is 12.8. The minimum Gasteiger partial charge on any atom is -0.235 e. The van der Waals surface area contributed by atoms with Crippen molar-refractivity contribution in [3.8, 4) is 0 Å². The van der Waals surface area contributed by atoms with Gasteiger partial charge in [-0.05, 0) is 34.7 Å². The van der Waals surface area contributed by atoms with E-state index in [0.717, 1.165) is 19.3 Å². The monoisotopic (exact) mass is 336 g/mol. The highest BCUT2D eigenvalue weighted by molar-refractivity contribution is 9.10. The third kappa shape index (κ3) is 2.75. The second-order valence-corrected chi connectivity index (χ2v) is 7.18. The van der Waals surface area contributed by atoms with Gasteiger partial charge in [0.25, 0.3) is 10.0 Å². The topological polar surface area (TPSA) is 76.9 Å². The van der Waals surface area contributed by atoms with E-state index in [1.54, 1.807) is 7.05 Å². The molecule has 0 spiro atoms. The van der Waals surface area contributed by atoms with Crippen LogP contribution in [0.25, 0.3) is 0 Å². The minimum atomic E-state index is -3.57. The van der Waals surface area contributed by atoms with Gasteiger partial charge >= 0.3 is 0 Å². The standard InChI is InChI=1S/C10H17BrN4O2S/c1-7-5-3-4-6-8(7)13-18(16,17)10-9(11)12-14-15(10)2/h7-8,13H,3-6H2,1-2H3. The molecule has 0 aromatic carbocycles. The molecule has 18 heavy (non-hydrogen) atoms. The first kappa shape index (κ1) is 14.0. The maximum Gasteiger partial charge on any atom is 0.260 e. The Morgan fingerprint density at radius 1 is 1.39 bits per heavy atom. The summed E-state index contributed by atoms with van der Waals surface area (Å²) in [5, 5.41) is 7.48. The van der Waals surface area contributed by atoms with E-state index < -0.39 is 10.0 Å². The number of rotatable bonds is 3. The lowest BCUT2D eigenvalue weighted by Gasteiger charge is -2.29. The predicted octanol–water partition coefficient (Wildman–Crippen LogP) is 1.43. The van der Waals surface area contributed by atoms with Crippen molar-refractivity contribution in [2.75, 3.05) is 0 Å². The van der Waals surface area contributed by atoms with E-state index in [0.29, 0.717) is 5.92 Å². The minimum absolute atomic E-state index is 0.00514. The first-order chi connectivity index (χ1) is 8.42. The molecule has 0 bridgehead atoms. The van der Waals surface area contributed by atoms with Crippen molar-refractivity contribution < 1.29 is 8.42 Å². The van der Waals surface area contributed by atoms with Gasteiger partial charge in [0.2, 0.25) is 5.03 Å². The number of nitrogens with zero attached hydrogens (tertiary/aromatic N) is 3. The number of aromatic nitrogens is 3. The van der Waals surface area contributed by atoms with Gasteiger partial charge in [0.1, 0.15) is 0 Å². The van der Waals surface area contributed by atoms with Crippen LogP contribution in [0.15, 0.2) is 9.63 Å². The molecular weight excluding hydrogens is 320 g/mol. The Morgan fingerprint density at radius 3 is 2.61 bits per heavy atom. The predicted molar refractivity (Wildman–Crippen MR) is 70.4 cm³/mol. The van der Waals surface area contributed by atoms with Gasteiger partial charge in [0, 0.05) is 13.1 Å². The summed E-state index contributed by atoms with van der Waals surface area (Å²) in [5.41, 5.74) is 0. The van der Waals surface area contributed by atoms with Crippen LogP contribution in [0, 0.1) is 5.92 Å². The largest absolute Gasteiger partial charge is 0.260 e. The van der Waals surface area contributed by atoms with E-state index in [4.69, 9.17) is 0 Å². The average Bonchev–Trinajstić information content (AvgIpc) is 2.62. The van der Waals surface area contributed by atoms with E-state index >= 15 is 0 Å². The molecule has 0 saturated heterocycles. The Hall–Kier alpha value is -0.470. The summed E-state index contributed by atoms with van der Waals surface area (Å²) < 4.78 is 28.9. The highest BCUT2D eigenvalue weighted by atomic mass is 79.9. The molecule has 1 aliphatic rings. The van der Waals surface area contributed by atoms with Crippen molar-refractivity contribution in [1.82, 2.24) is 19.7 Å². The molecule has 8 heteroatoms. The molecule has 1 saturated carbocycles. The van der Waals surface area contributed by atoms with Crippen LogP contribution in [0.2, 0.25) is 0 Å². The summed E-state index contributed by atoms with van der Waals surface area (Å²) in [4.78, 5) is 0. The lowest BCUT2D eigenvalue weighted by atomic mass is 9.87. The maximum absolute atomic E-state index is 12.3. The third-order valence-electron chi connectivity index (χ3n) is 3.41. The van der Waals surface area contributed by atoms with Crippen LogP contribution in [-0.4, -0.2) is 29.5 Å². The van der Waals surface area contributed by atoms with E-state index in [9.17, 15) is 8.42 Å². The van der Waals surface area contributed by atoms with E-state index in [-0.39, 0.29) is 15.7 Å². The molecule has 0 radical (unpaired) electrons. The Kier molecular flexibility index (Phi) is 4.08. The Bertz CT molecular complexity index is 508. The highest BCUT2D eigenvalue weighted by Gasteiger charge is 2.30. The van der Waals surface area contributed by atoms with Crippen LogP contribution in [0.1, 0.15) is 32.6 Å². The highest BCUT2D eigenvalue weighted by Crippen LogP contribution is 2.26. The quantitative estimate of drug-likeness (QED) is 0.905. The second-order valence-electron chi connectivity index (χ2n) is 4.80. The molecule has 1 aliphatic carbocycles. The van der Waals surface area contributed by atoms with Gasteiger partial charge in [0.05, 0.1) is 0 Å². The zero-order valence-electron chi connectivity index (χ0n) is 10.4. The summed E-state index contributed by atoms with van der Waals surface area (Å²) in [6, 6.07) is 0.00514. The van der Waals surface area contributed by atoms with Gasteiger partial charge in [-0.2, -0.15) is 0 Å². The Balaban J connectivity index is 2.22. The Morgan fingerprint density at radius 2 is 2.06 bits per heavy atom. The third-order valence-corrected chi connectivity index (χ3v) is 5.79.